The van der Waals surface area contributed by atoms with E-state index < -0.39 is 5.60 Å². The Morgan fingerprint density at radius 2 is 1.60 bits per heavy atom. The predicted octanol–water partition coefficient (Wildman–Crippen LogP) is 6.03. The maximum Gasteiger partial charge on any atom is 0.174 e. The number of aromatic amines is 1. The molecule has 6 heteroatoms. The molecule has 35 heavy (non-hydrogen) atoms. The fourth-order valence-electron chi connectivity index (χ4n) is 4.91. The highest BCUT2D eigenvalue weighted by Crippen LogP contribution is 2.41. The fourth-order valence-corrected chi connectivity index (χ4v) is 4.91. The van der Waals surface area contributed by atoms with E-state index in [0.717, 1.165) is 56.5 Å². The monoisotopic (exact) mass is 478 g/mol. The molecule has 2 aromatic carbocycles. The zero-order valence-electron chi connectivity index (χ0n) is 22.3. The molecule has 0 aliphatic rings. The quantitative estimate of drug-likeness (QED) is 0.293. The minimum Gasteiger partial charge on any atom is -0.493 e. The molecule has 190 valence electrons. The van der Waals surface area contributed by atoms with Crippen LogP contribution in [-0.2, 0) is 18.3 Å². The van der Waals surface area contributed by atoms with E-state index in [0.29, 0.717) is 6.61 Å². The molecule has 0 atom stereocenters. The number of nitrogens with zero attached hydrogens (tertiary/aromatic N) is 3. The second-order valence-electron chi connectivity index (χ2n) is 10.4. The maximum atomic E-state index is 10.1. The number of H-pyrrole nitrogens is 1. The number of ether oxygens (including phenoxy) is 1. The van der Waals surface area contributed by atoms with Crippen molar-refractivity contribution in [1.29, 1.82) is 0 Å². The van der Waals surface area contributed by atoms with Crippen molar-refractivity contribution in [2.45, 2.75) is 97.5 Å². The van der Waals surface area contributed by atoms with Gasteiger partial charge in [0.15, 0.2) is 5.82 Å². The molecule has 6 nitrogen and oxygen atoms in total. The van der Waals surface area contributed by atoms with Crippen LogP contribution >= 0.6 is 0 Å². The van der Waals surface area contributed by atoms with Crippen LogP contribution < -0.4 is 4.74 Å². The zero-order valence-corrected chi connectivity index (χ0v) is 22.3. The summed E-state index contributed by atoms with van der Waals surface area (Å²) in [7, 11) is 0. The number of tetrazole rings is 1. The maximum absolute atomic E-state index is 10.1. The Balaban J connectivity index is 1.71. The standard InChI is InChI=1S/C29H42N4O2/c1-7-29(8-2,24-13-12-23(21(3)19-24)16-17-28(5,6)34)25-14-15-26(22(4)20-25)35-18-10-9-11-27-30-32-33-31-27/h12-15,19-20,34H,7-11,16-18H2,1-6H3,(H,30,31,32,33). The van der Waals surface area contributed by atoms with Gasteiger partial charge in [0, 0.05) is 11.8 Å². The number of hydrogen-bond acceptors (Lipinski definition) is 5. The number of aryl methyl sites for hydroxylation is 4. The average molecular weight is 479 g/mol. The Morgan fingerprint density at radius 1 is 0.914 bits per heavy atom. The lowest BCUT2D eigenvalue weighted by atomic mass is 9.69. The molecule has 0 aliphatic heterocycles. The van der Waals surface area contributed by atoms with Gasteiger partial charge in [0.25, 0.3) is 0 Å². The van der Waals surface area contributed by atoms with Crippen molar-refractivity contribution in [3.05, 3.63) is 70.0 Å². The van der Waals surface area contributed by atoms with E-state index in [4.69, 9.17) is 4.74 Å². The average Bonchev–Trinajstić information content (AvgIpc) is 3.33. The topological polar surface area (TPSA) is 83.9 Å². The first-order valence-electron chi connectivity index (χ1n) is 13.0. The molecule has 1 aromatic heterocycles. The van der Waals surface area contributed by atoms with Crippen LogP contribution in [0.2, 0.25) is 0 Å². The van der Waals surface area contributed by atoms with Crippen molar-refractivity contribution in [3.63, 3.8) is 0 Å². The van der Waals surface area contributed by atoms with Gasteiger partial charge in [-0.15, -0.1) is 10.2 Å². The Kier molecular flexibility index (Phi) is 9.06. The minimum absolute atomic E-state index is 0.0343. The molecule has 0 aliphatic carbocycles. The van der Waals surface area contributed by atoms with Gasteiger partial charge in [0.05, 0.1) is 12.2 Å². The number of hydrogen-bond donors (Lipinski definition) is 2. The first-order chi connectivity index (χ1) is 16.7. The molecule has 0 fully saturated rings. The SMILES string of the molecule is CCC(CC)(c1ccc(CCC(C)(C)O)c(C)c1)c1ccc(OCCCCc2nn[nH]n2)c(C)c1. The molecule has 3 rings (SSSR count). The number of aromatic nitrogens is 4. The summed E-state index contributed by atoms with van der Waals surface area (Å²) in [6, 6.07) is 13.6. The lowest BCUT2D eigenvalue weighted by Crippen LogP contribution is -2.26. The van der Waals surface area contributed by atoms with E-state index in [1.54, 1.807) is 0 Å². The minimum atomic E-state index is -0.642. The molecular weight excluding hydrogens is 436 g/mol. The molecule has 0 saturated heterocycles. The second-order valence-corrected chi connectivity index (χ2v) is 10.4. The summed E-state index contributed by atoms with van der Waals surface area (Å²) in [4.78, 5) is 0. The van der Waals surface area contributed by atoms with E-state index in [1.165, 1.54) is 27.8 Å². The van der Waals surface area contributed by atoms with Crippen LogP contribution in [0, 0.1) is 13.8 Å². The Labute approximate surface area is 210 Å². The smallest absolute Gasteiger partial charge is 0.174 e. The van der Waals surface area contributed by atoms with Crippen molar-refractivity contribution in [2.24, 2.45) is 0 Å². The van der Waals surface area contributed by atoms with Gasteiger partial charge in [-0.2, -0.15) is 5.21 Å². The Bertz CT molecular complexity index is 1070. The summed E-state index contributed by atoms with van der Waals surface area (Å²) >= 11 is 0. The highest BCUT2D eigenvalue weighted by Gasteiger charge is 2.31. The summed E-state index contributed by atoms with van der Waals surface area (Å²) in [5.74, 6) is 1.70. The summed E-state index contributed by atoms with van der Waals surface area (Å²) in [5.41, 5.74) is 5.82. The van der Waals surface area contributed by atoms with Crippen LogP contribution in [0.25, 0.3) is 0 Å². The van der Waals surface area contributed by atoms with E-state index in [-0.39, 0.29) is 5.41 Å². The summed E-state index contributed by atoms with van der Waals surface area (Å²) < 4.78 is 6.10. The largest absolute Gasteiger partial charge is 0.493 e. The van der Waals surface area contributed by atoms with Crippen molar-refractivity contribution in [2.75, 3.05) is 6.61 Å². The van der Waals surface area contributed by atoms with Gasteiger partial charge in [0.2, 0.25) is 0 Å². The van der Waals surface area contributed by atoms with E-state index in [2.05, 4.69) is 84.7 Å². The number of unbranched alkanes of at least 4 members (excludes halogenated alkanes) is 1. The molecule has 0 radical (unpaired) electrons. The van der Waals surface area contributed by atoms with Crippen molar-refractivity contribution < 1.29 is 9.84 Å². The van der Waals surface area contributed by atoms with Gasteiger partial charge in [0.1, 0.15) is 5.75 Å². The van der Waals surface area contributed by atoms with Gasteiger partial charge in [-0.1, -0.05) is 49.4 Å². The van der Waals surface area contributed by atoms with Gasteiger partial charge < -0.3 is 9.84 Å². The molecule has 0 bridgehead atoms. The molecule has 0 saturated carbocycles. The predicted molar refractivity (Wildman–Crippen MR) is 141 cm³/mol. The third-order valence-electron chi connectivity index (χ3n) is 7.28. The van der Waals surface area contributed by atoms with E-state index in [1.807, 2.05) is 13.8 Å². The zero-order chi connectivity index (χ0) is 25.5. The molecule has 0 unspecified atom stereocenters. The van der Waals surface area contributed by atoms with Crippen LogP contribution in [0.5, 0.6) is 5.75 Å². The third-order valence-corrected chi connectivity index (χ3v) is 7.28. The second kappa shape index (κ2) is 11.8. The third kappa shape index (κ3) is 6.91. The summed E-state index contributed by atoms with van der Waals surface area (Å²) in [6.07, 6.45) is 6.44. The summed E-state index contributed by atoms with van der Waals surface area (Å²) in [5, 5.41) is 24.2. The van der Waals surface area contributed by atoms with Crippen molar-refractivity contribution in [1.82, 2.24) is 20.6 Å². The normalized spacial score (nSPS) is 12.2. The molecule has 3 aromatic rings. The van der Waals surface area contributed by atoms with E-state index in [9.17, 15) is 5.11 Å². The summed E-state index contributed by atoms with van der Waals surface area (Å²) in [6.45, 7) is 13.3. The van der Waals surface area contributed by atoms with Gasteiger partial charge in [-0.3, -0.25) is 0 Å². The van der Waals surface area contributed by atoms with Crippen LogP contribution in [0.3, 0.4) is 0 Å². The van der Waals surface area contributed by atoms with Crippen LogP contribution in [-0.4, -0.2) is 37.9 Å². The molecule has 0 spiro atoms. The van der Waals surface area contributed by atoms with Gasteiger partial charge in [-0.25, -0.2) is 0 Å². The van der Waals surface area contributed by atoms with Crippen LogP contribution in [0.15, 0.2) is 36.4 Å². The number of aliphatic hydroxyl groups is 1. The van der Waals surface area contributed by atoms with Crippen LogP contribution in [0.4, 0.5) is 0 Å². The Hall–Kier alpha value is -2.73. The highest BCUT2D eigenvalue weighted by atomic mass is 16.5. The lowest BCUT2D eigenvalue weighted by molar-refractivity contribution is 0.0713. The fraction of sp³-hybridized carbons (Fsp3) is 0.552. The molecule has 1 heterocycles. The molecule has 0 amide bonds. The van der Waals surface area contributed by atoms with Crippen molar-refractivity contribution in [3.8, 4) is 5.75 Å². The Morgan fingerprint density at radius 3 is 2.17 bits per heavy atom. The number of rotatable bonds is 13. The van der Waals surface area contributed by atoms with Crippen molar-refractivity contribution >= 4 is 0 Å². The number of nitrogens with one attached hydrogen (secondary N) is 1. The lowest BCUT2D eigenvalue weighted by Gasteiger charge is -2.34. The number of benzene rings is 2. The van der Waals surface area contributed by atoms with Crippen LogP contribution in [0.1, 0.15) is 93.4 Å². The molecular formula is C29H42N4O2. The first kappa shape index (κ1) is 26.9. The van der Waals surface area contributed by atoms with Gasteiger partial charge in [-0.05, 0) is 100 Å². The molecule has 2 N–H and O–H groups in total. The highest BCUT2D eigenvalue weighted by molar-refractivity contribution is 5.47. The first-order valence-corrected chi connectivity index (χ1v) is 13.0. The van der Waals surface area contributed by atoms with E-state index >= 15 is 0 Å². The van der Waals surface area contributed by atoms with Gasteiger partial charge >= 0.3 is 0 Å².